The molecule has 0 amide bonds. The van der Waals surface area contributed by atoms with Crippen LogP contribution in [0.3, 0.4) is 0 Å². The molecular formula is C11H12ClN3S. The number of rotatable bonds is 3. The molecule has 0 aliphatic carbocycles. The summed E-state index contributed by atoms with van der Waals surface area (Å²) in [5, 5.41) is 3.26. The number of halogens is 1. The number of hydrogen-bond donors (Lipinski definition) is 1. The van der Waals surface area contributed by atoms with Crippen molar-refractivity contribution in [3.63, 3.8) is 0 Å². The molecule has 2 aromatic heterocycles. The van der Waals surface area contributed by atoms with Gasteiger partial charge < -0.3 is 5.32 Å². The summed E-state index contributed by atoms with van der Waals surface area (Å²) >= 11 is 7.43. The van der Waals surface area contributed by atoms with Crippen molar-refractivity contribution in [3.8, 4) is 0 Å². The first-order valence-electron chi connectivity index (χ1n) is 4.93. The summed E-state index contributed by atoms with van der Waals surface area (Å²) in [6, 6.07) is 3.91. The van der Waals surface area contributed by atoms with Gasteiger partial charge in [-0.05, 0) is 26.0 Å². The Bertz CT molecular complexity index is 496. The second kappa shape index (κ2) is 4.80. The maximum Gasteiger partial charge on any atom is 0.148 e. The standard InChI is InChI=1S/C11H12ClN3S/c1-7-5-13-8(2)11(15-7)14-6-9-3-4-10(12)16-9/h3-5H,6H2,1-2H3,(H,14,15). The highest BCUT2D eigenvalue weighted by atomic mass is 35.5. The van der Waals surface area contributed by atoms with E-state index in [1.807, 2.05) is 26.0 Å². The van der Waals surface area contributed by atoms with Gasteiger partial charge in [0.2, 0.25) is 0 Å². The average molecular weight is 254 g/mol. The lowest BCUT2D eigenvalue weighted by molar-refractivity contribution is 1.03. The summed E-state index contributed by atoms with van der Waals surface area (Å²) in [7, 11) is 0. The normalized spacial score (nSPS) is 10.4. The molecular weight excluding hydrogens is 242 g/mol. The highest BCUT2D eigenvalue weighted by molar-refractivity contribution is 7.16. The Morgan fingerprint density at radius 3 is 2.88 bits per heavy atom. The number of nitrogens with zero attached hydrogens (tertiary/aromatic N) is 2. The van der Waals surface area contributed by atoms with Gasteiger partial charge in [0.1, 0.15) is 5.82 Å². The maximum absolute atomic E-state index is 5.86. The van der Waals surface area contributed by atoms with E-state index in [-0.39, 0.29) is 0 Å². The Morgan fingerprint density at radius 2 is 2.19 bits per heavy atom. The van der Waals surface area contributed by atoms with Crippen LogP contribution in [-0.2, 0) is 6.54 Å². The Labute approximate surface area is 104 Å². The van der Waals surface area contributed by atoms with Crippen LogP contribution in [0, 0.1) is 13.8 Å². The van der Waals surface area contributed by atoms with Crippen molar-refractivity contribution in [2.45, 2.75) is 20.4 Å². The monoisotopic (exact) mass is 253 g/mol. The summed E-state index contributed by atoms with van der Waals surface area (Å²) in [4.78, 5) is 9.83. The number of anilines is 1. The van der Waals surface area contributed by atoms with E-state index in [1.54, 1.807) is 17.5 Å². The molecule has 16 heavy (non-hydrogen) atoms. The maximum atomic E-state index is 5.86. The third kappa shape index (κ3) is 2.71. The van der Waals surface area contributed by atoms with Gasteiger partial charge in [0, 0.05) is 11.1 Å². The Hall–Kier alpha value is -1.13. The first-order valence-corrected chi connectivity index (χ1v) is 6.13. The number of nitrogens with one attached hydrogen (secondary N) is 1. The zero-order chi connectivity index (χ0) is 11.5. The highest BCUT2D eigenvalue weighted by Gasteiger charge is 2.02. The van der Waals surface area contributed by atoms with Crippen molar-refractivity contribution in [2.24, 2.45) is 0 Å². The zero-order valence-corrected chi connectivity index (χ0v) is 10.7. The second-order valence-electron chi connectivity index (χ2n) is 3.50. The van der Waals surface area contributed by atoms with Gasteiger partial charge in [-0.3, -0.25) is 4.98 Å². The van der Waals surface area contributed by atoms with Crippen LogP contribution in [0.1, 0.15) is 16.3 Å². The summed E-state index contributed by atoms with van der Waals surface area (Å²) in [5.74, 6) is 0.838. The van der Waals surface area contributed by atoms with Crippen LogP contribution in [0.15, 0.2) is 18.3 Å². The Morgan fingerprint density at radius 1 is 1.38 bits per heavy atom. The molecule has 5 heteroatoms. The molecule has 0 aromatic carbocycles. The van der Waals surface area contributed by atoms with E-state index in [0.29, 0.717) is 0 Å². The van der Waals surface area contributed by atoms with Crippen LogP contribution in [0.2, 0.25) is 4.34 Å². The van der Waals surface area contributed by atoms with Gasteiger partial charge in [-0.2, -0.15) is 0 Å². The summed E-state index contributed by atoms with van der Waals surface area (Å²) < 4.78 is 0.809. The van der Waals surface area contributed by atoms with Gasteiger partial charge in [-0.25, -0.2) is 4.98 Å². The molecule has 0 radical (unpaired) electrons. The fraction of sp³-hybridized carbons (Fsp3) is 0.273. The SMILES string of the molecule is Cc1cnc(C)c(NCc2ccc(Cl)s2)n1. The quantitative estimate of drug-likeness (QED) is 0.911. The molecule has 0 atom stereocenters. The second-order valence-corrected chi connectivity index (χ2v) is 5.30. The van der Waals surface area contributed by atoms with Crippen molar-refractivity contribution in [2.75, 3.05) is 5.32 Å². The number of hydrogen-bond acceptors (Lipinski definition) is 4. The van der Waals surface area contributed by atoms with Crippen LogP contribution < -0.4 is 5.32 Å². The summed E-state index contributed by atoms with van der Waals surface area (Å²) in [6.45, 7) is 4.60. The van der Waals surface area contributed by atoms with Gasteiger partial charge in [0.25, 0.3) is 0 Å². The van der Waals surface area contributed by atoms with Crippen molar-refractivity contribution < 1.29 is 0 Å². The van der Waals surface area contributed by atoms with Crippen LogP contribution in [0.4, 0.5) is 5.82 Å². The third-order valence-corrected chi connectivity index (χ3v) is 3.37. The van der Waals surface area contributed by atoms with Crippen molar-refractivity contribution in [3.05, 3.63) is 38.9 Å². The molecule has 2 aromatic rings. The lowest BCUT2D eigenvalue weighted by atomic mass is 10.4. The summed E-state index contributed by atoms with van der Waals surface area (Å²) in [5.41, 5.74) is 1.82. The minimum absolute atomic E-state index is 0.732. The zero-order valence-electron chi connectivity index (χ0n) is 9.12. The molecule has 0 aliphatic rings. The van der Waals surface area contributed by atoms with Crippen molar-refractivity contribution in [1.29, 1.82) is 0 Å². The third-order valence-electron chi connectivity index (χ3n) is 2.13. The summed E-state index contributed by atoms with van der Waals surface area (Å²) in [6.07, 6.45) is 1.77. The predicted octanol–water partition coefficient (Wildman–Crippen LogP) is 3.42. The van der Waals surface area contributed by atoms with Crippen molar-refractivity contribution >= 4 is 28.8 Å². The van der Waals surface area contributed by atoms with Gasteiger partial charge in [-0.1, -0.05) is 11.6 Å². The fourth-order valence-corrected chi connectivity index (χ4v) is 2.35. The molecule has 3 nitrogen and oxygen atoms in total. The van der Waals surface area contributed by atoms with E-state index in [0.717, 1.165) is 28.1 Å². The highest BCUT2D eigenvalue weighted by Crippen LogP contribution is 2.22. The molecule has 2 heterocycles. The van der Waals surface area contributed by atoms with E-state index in [1.165, 1.54) is 4.88 Å². The largest absolute Gasteiger partial charge is 0.364 e. The first kappa shape index (κ1) is 11.4. The molecule has 0 fully saturated rings. The molecule has 0 unspecified atom stereocenters. The van der Waals surface area contributed by atoms with Gasteiger partial charge in [0.05, 0.1) is 22.3 Å². The van der Waals surface area contributed by atoms with Crippen LogP contribution in [0.5, 0.6) is 0 Å². The number of aromatic nitrogens is 2. The topological polar surface area (TPSA) is 37.8 Å². The first-order chi connectivity index (χ1) is 7.65. The van der Waals surface area contributed by atoms with Gasteiger partial charge in [-0.15, -0.1) is 11.3 Å². The smallest absolute Gasteiger partial charge is 0.148 e. The van der Waals surface area contributed by atoms with E-state index < -0.39 is 0 Å². The average Bonchev–Trinajstić information content (AvgIpc) is 2.66. The van der Waals surface area contributed by atoms with Crippen LogP contribution in [-0.4, -0.2) is 9.97 Å². The Balaban J connectivity index is 2.07. The molecule has 0 saturated carbocycles. The predicted molar refractivity (Wildman–Crippen MR) is 68.2 cm³/mol. The lowest BCUT2D eigenvalue weighted by Crippen LogP contribution is -2.04. The minimum atomic E-state index is 0.732. The number of thiophene rings is 1. The number of aryl methyl sites for hydroxylation is 2. The van der Waals surface area contributed by atoms with Gasteiger partial charge in [0.15, 0.2) is 0 Å². The van der Waals surface area contributed by atoms with E-state index in [4.69, 9.17) is 11.6 Å². The molecule has 0 spiro atoms. The van der Waals surface area contributed by atoms with Gasteiger partial charge >= 0.3 is 0 Å². The molecule has 2 rings (SSSR count). The van der Waals surface area contributed by atoms with E-state index in [2.05, 4.69) is 15.3 Å². The molecule has 1 N–H and O–H groups in total. The molecule has 0 saturated heterocycles. The fourth-order valence-electron chi connectivity index (χ4n) is 1.32. The molecule has 84 valence electrons. The van der Waals surface area contributed by atoms with Crippen molar-refractivity contribution in [1.82, 2.24) is 9.97 Å². The molecule has 0 bridgehead atoms. The van der Waals surface area contributed by atoms with Crippen LogP contribution in [0.25, 0.3) is 0 Å². The van der Waals surface area contributed by atoms with E-state index in [9.17, 15) is 0 Å². The Kier molecular flexibility index (Phi) is 3.41. The van der Waals surface area contributed by atoms with E-state index >= 15 is 0 Å². The van der Waals surface area contributed by atoms with Crippen LogP contribution >= 0.6 is 22.9 Å². The minimum Gasteiger partial charge on any atom is -0.364 e. The molecule has 0 aliphatic heterocycles. The lowest BCUT2D eigenvalue weighted by Gasteiger charge is -2.07.